The number of aliphatic imine (C=N–C) groups is 1. The second-order valence-corrected chi connectivity index (χ2v) is 9.81. The summed E-state index contributed by atoms with van der Waals surface area (Å²) in [6.07, 6.45) is 16.4. The predicted molar refractivity (Wildman–Crippen MR) is 135 cm³/mol. The number of allylic oxidation sites excluding steroid dienone is 5. The molecule has 1 amide bonds. The van der Waals surface area contributed by atoms with E-state index < -0.39 is 0 Å². The van der Waals surface area contributed by atoms with Crippen molar-refractivity contribution in [1.29, 1.82) is 0 Å². The zero-order valence-corrected chi connectivity index (χ0v) is 19.8. The van der Waals surface area contributed by atoms with E-state index in [9.17, 15) is 4.79 Å². The largest absolute Gasteiger partial charge is 0.374 e. The van der Waals surface area contributed by atoms with Crippen LogP contribution in [0.25, 0.3) is 10.9 Å². The van der Waals surface area contributed by atoms with Crippen molar-refractivity contribution in [3.8, 4) is 0 Å². The van der Waals surface area contributed by atoms with E-state index in [0.29, 0.717) is 18.4 Å². The van der Waals surface area contributed by atoms with Crippen LogP contribution in [-0.4, -0.2) is 46.0 Å². The van der Waals surface area contributed by atoms with Gasteiger partial charge in [0.05, 0.1) is 5.41 Å². The highest BCUT2D eigenvalue weighted by molar-refractivity contribution is 5.99. The standard InChI is InChI=1S/C28H34N4O/c1-21-8-3-5-10-25(21)29-18-22(2)31-16-13-28(14-17-31)12-7-15-32(27(28)33)20-23-19-30-26-11-6-4-9-24(23)26/h3-6,8-11,18-19,21,30H,7,12-17,20H2,1-2H3/b22-18+,29-25?. The first-order valence-corrected chi connectivity index (χ1v) is 12.2. The summed E-state index contributed by atoms with van der Waals surface area (Å²) in [4.78, 5) is 26.2. The molecule has 0 saturated carbocycles. The van der Waals surface area contributed by atoms with Gasteiger partial charge < -0.3 is 14.8 Å². The molecule has 1 atom stereocenters. The first kappa shape index (κ1) is 21.7. The van der Waals surface area contributed by atoms with E-state index in [1.54, 1.807) is 0 Å². The Balaban J connectivity index is 1.24. The summed E-state index contributed by atoms with van der Waals surface area (Å²) in [7, 11) is 0. The average molecular weight is 443 g/mol. The molecule has 5 nitrogen and oxygen atoms in total. The molecule has 2 aliphatic heterocycles. The van der Waals surface area contributed by atoms with Gasteiger partial charge in [0, 0.05) is 66.8 Å². The molecular formula is C28H34N4O. The minimum atomic E-state index is -0.196. The van der Waals surface area contributed by atoms with Gasteiger partial charge in [-0.3, -0.25) is 9.79 Å². The molecule has 1 aromatic carbocycles. The lowest BCUT2D eigenvalue weighted by Crippen LogP contribution is -2.53. The van der Waals surface area contributed by atoms with Crippen molar-refractivity contribution in [1.82, 2.24) is 14.8 Å². The van der Waals surface area contributed by atoms with E-state index in [0.717, 1.165) is 56.5 Å². The van der Waals surface area contributed by atoms with Gasteiger partial charge in [-0.1, -0.05) is 43.4 Å². The Morgan fingerprint density at radius 2 is 2.00 bits per heavy atom. The average Bonchev–Trinajstić information content (AvgIpc) is 3.25. The van der Waals surface area contributed by atoms with Gasteiger partial charge in [-0.2, -0.15) is 0 Å². The smallest absolute Gasteiger partial charge is 0.229 e. The number of aromatic nitrogens is 1. The number of rotatable bonds is 4. The summed E-state index contributed by atoms with van der Waals surface area (Å²) in [5, 5.41) is 1.22. The molecule has 5 heteroatoms. The number of carbonyl (C=O) groups is 1. The number of hydrogen-bond donors (Lipinski definition) is 1. The quantitative estimate of drug-likeness (QED) is 0.686. The number of amides is 1. The number of aromatic amines is 1. The number of benzene rings is 1. The lowest BCUT2D eigenvalue weighted by atomic mass is 9.71. The fraction of sp³-hybridized carbons (Fsp3) is 0.429. The maximum atomic E-state index is 13.7. The van der Waals surface area contributed by atoms with Crippen LogP contribution in [0.1, 0.15) is 45.1 Å². The number of piperidine rings is 2. The SMILES string of the molecule is C/C(=C\N=C1C=CC=CC1C)N1CCC2(CCCN(Cc3c[nH]c4ccccc34)C2=O)CC1. The molecule has 1 spiro atoms. The van der Waals surface area contributed by atoms with Crippen molar-refractivity contribution >= 4 is 22.5 Å². The third-order valence-electron chi connectivity index (χ3n) is 7.72. The highest BCUT2D eigenvalue weighted by atomic mass is 16.2. The minimum Gasteiger partial charge on any atom is -0.374 e. The lowest BCUT2D eigenvalue weighted by Gasteiger charge is -2.47. The van der Waals surface area contributed by atoms with Gasteiger partial charge in [0.1, 0.15) is 0 Å². The van der Waals surface area contributed by atoms with E-state index in [4.69, 9.17) is 4.99 Å². The van der Waals surface area contributed by atoms with Crippen molar-refractivity contribution in [2.45, 2.75) is 46.1 Å². The molecule has 3 aliphatic rings. The molecule has 1 unspecified atom stereocenters. The highest BCUT2D eigenvalue weighted by Gasteiger charge is 2.45. The molecule has 3 heterocycles. The van der Waals surface area contributed by atoms with Crippen molar-refractivity contribution in [2.75, 3.05) is 19.6 Å². The number of carbonyl (C=O) groups excluding carboxylic acids is 1. The Hall–Kier alpha value is -3.08. The molecule has 2 saturated heterocycles. The molecule has 33 heavy (non-hydrogen) atoms. The Labute approximate surface area is 196 Å². The summed E-state index contributed by atoms with van der Waals surface area (Å²) < 4.78 is 0. The molecule has 2 fully saturated rings. The molecule has 1 N–H and O–H groups in total. The van der Waals surface area contributed by atoms with Crippen LogP contribution in [-0.2, 0) is 11.3 Å². The second-order valence-electron chi connectivity index (χ2n) is 9.81. The molecule has 1 aliphatic carbocycles. The molecule has 5 rings (SSSR count). The van der Waals surface area contributed by atoms with E-state index in [1.165, 1.54) is 16.6 Å². The van der Waals surface area contributed by atoms with Gasteiger partial charge in [-0.25, -0.2) is 0 Å². The van der Waals surface area contributed by atoms with Gasteiger partial charge in [0.2, 0.25) is 5.91 Å². The number of fused-ring (bicyclic) bond motifs is 1. The molecule has 0 bridgehead atoms. The van der Waals surface area contributed by atoms with Crippen LogP contribution >= 0.6 is 0 Å². The van der Waals surface area contributed by atoms with E-state index in [-0.39, 0.29) is 5.41 Å². The molecule has 172 valence electrons. The van der Waals surface area contributed by atoms with Gasteiger partial charge in [0.15, 0.2) is 0 Å². The van der Waals surface area contributed by atoms with Gasteiger partial charge in [-0.15, -0.1) is 0 Å². The second kappa shape index (κ2) is 9.05. The maximum Gasteiger partial charge on any atom is 0.229 e. The first-order chi connectivity index (χ1) is 16.1. The summed E-state index contributed by atoms with van der Waals surface area (Å²) >= 11 is 0. The minimum absolute atomic E-state index is 0.196. The van der Waals surface area contributed by atoms with Crippen LogP contribution in [0.3, 0.4) is 0 Å². The lowest BCUT2D eigenvalue weighted by molar-refractivity contribution is -0.150. The third kappa shape index (κ3) is 4.29. The van der Waals surface area contributed by atoms with Crippen molar-refractivity contribution in [3.05, 3.63) is 72.2 Å². The fourth-order valence-electron chi connectivity index (χ4n) is 5.57. The predicted octanol–water partition coefficient (Wildman–Crippen LogP) is 5.44. The Morgan fingerprint density at radius 1 is 1.18 bits per heavy atom. The van der Waals surface area contributed by atoms with Crippen LogP contribution < -0.4 is 0 Å². The van der Waals surface area contributed by atoms with Crippen LogP contribution in [0.15, 0.2) is 71.7 Å². The van der Waals surface area contributed by atoms with Crippen LogP contribution in [0.4, 0.5) is 0 Å². The third-order valence-corrected chi connectivity index (χ3v) is 7.72. The summed E-state index contributed by atoms with van der Waals surface area (Å²) in [6, 6.07) is 8.35. The zero-order chi connectivity index (χ0) is 22.8. The van der Waals surface area contributed by atoms with E-state index in [2.05, 4.69) is 71.3 Å². The van der Waals surface area contributed by atoms with Crippen molar-refractivity contribution in [2.24, 2.45) is 16.3 Å². The summed E-state index contributed by atoms with van der Waals surface area (Å²) in [5.41, 5.74) is 4.44. The Morgan fingerprint density at radius 3 is 2.82 bits per heavy atom. The number of para-hydroxylation sites is 1. The number of H-pyrrole nitrogens is 1. The molecular weight excluding hydrogens is 408 g/mol. The normalized spacial score (nSPS) is 24.4. The van der Waals surface area contributed by atoms with Crippen LogP contribution in [0.5, 0.6) is 0 Å². The number of hydrogen-bond acceptors (Lipinski definition) is 3. The van der Waals surface area contributed by atoms with Gasteiger partial charge >= 0.3 is 0 Å². The summed E-state index contributed by atoms with van der Waals surface area (Å²) in [5.74, 6) is 0.708. The maximum absolute atomic E-state index is 13.7. The van der Waals surface area contributed by atoms with Gasteiger partial charge in [-0.05, 0) is 50.3 Å². The highest BCUT2D eigenvalue weighted by Crippen LogP contribution is 2.42. The monoisotopic (exact) mass is 442 g/mol. The first-order valence-electron chi connectivity index (χ1n) is 12.2. The fourth-order valence-corrected chi connectivity index (χ4v) is 5.57. The summed E-state index contributed by atoms with van der Waals surface area (Å²) in [6.45, 7) is 7.71. The zero-order valence-electron chi connectivity index (χ0n) is 19.8. The molecule has 1 aromatic heterocycles. The topological polar surface area (TPSA) is 51.7 Å². The van der Waals surface area contributed by atoms with E-state index in [1.807, 2.05) is 18.3 Å². The van der Waals surface area contributed by atoms with Crippen LogP contribution in [0.2, 0.25) is 0 Å². The van der Waals surface area contributed by atoms with Crippen molar-refractivity contribution < 1.29 is 4.79 Å². The number of nitrogens with one attached hydrogen (secondary N) is 1. The van der Waals surface area contributed by atoms with Crippen molar-refractivity contribution in [3.63, 3.8) is 0 Å². The van der Waals surface area contributed by atoms with Gasteiger partial charge in [0.25, 0.3) is 0 Å². The Kier molecular flexibility index (Phi) is 5.96. The number of nitrogens with zero attached hydrogens (tertiary/aromatic N) is 3. The molecule has 0 radical (unpaired) electrons. The molecule has 2 aromatic rings. The Bertz CT molecular complexity index is 1140. The van der Waals surface area contributed by atoms with Crippen LogP contribution in [0, 0.1) is 11.3 Å². The number of likely N-dealkylation sites (tertiary alicyclic amines) is 2. The van der Waals surface area contributed by atoms with E-state index >= 15 is 0 Å².